The standard InChI is InChI=1S/C15H21N5O2/c1-12(21)18-6-8-20(9-7-18)15-16-10-13(11-17-15)14(22)19-4-2-3-5-19/h10-11H,2-9H2,1H3. The van der Waals surface area contributed by atoms with E-state index >= 15 is 0 Å². The molecule has 0 atom stereocenters. The van der Waals surface area contributed by atoms with Crippen molar-refractivity contribution in [1.82, 2.24) is 19.8 Å². The molecule has 0 aromatic carbocycles. The van der Waals surface area contributed by atoms with E-state index in [1.165, 1.54) is 0 Å². The number of carbonyl (C=O) groups is 2. The Kier molecular flexibility index (Phi) is 4.22. The lowest BCUT2D eigenvalue weighted by molar-refractivity contribution is -0.129. The van der Waals surface area contributed by atoms with E-state index in [0.29, 0.717) is 24.6 Å². The van der Waals surface area contributed by atoms with Gasteiger partial charge in [-0.3, -0.25) is 9.59 Å². The van der Waals surface area contributed by atoms with Crippen LogP contribution in [0.5, 0.6) is 0 Å². The molecule has 2 saturated heterocycles. The van der Waals surface area contributed by atoms with E-state index in [0.717, 1.165) is 39.0 Å². The molecular formula is C15H21N5O2. The minimum atomic E-state index is 0.0189. The molecule has 0 spiro atoms. The number of amides is 2. The van der Waals surface area contributed by atoms with Crippen LogP contribution in [0, 0.1) is 0 Å². The molecule has 22 heavy (non-hydrogen) atoms. The number of nitrogens with zero attached hydrogens (tertiary/aromatic N) is 5. The molecule has 7 heteroatoms. The summed E-state index contributed by atoms with van der Waals surface area (Å²) in [6.07, 6.45) is 5.37. The monoisotopic (exact) mass is 303 g/mol. The summed E-state index contributed by atoms with van der Waals surface area (Å²) in [5.41, 5.74) is 0.549. The highest BCUT2D eigenvalue weighted by atomic mass is 16.2. The Bertz CT molecular complexity index is 546. The predicted molar refractivity (Wildman–Crippen MR) is 81.6 cm³/mol. The SMILES string of the molecule is CC(=O)N1CCN(c2ncc(C(=O)N3CCCC3)cn2)CC1. The molecule has 0 unspecified atom stereocenters. The number of aromatic nitrogens is 2. The van der Waals surface area contributed by atoms with Crippen LogP contribution in [0.2, 0.25) is 0 Å². The molecule has 2 fully saturated rings. The summed E-state index contributed by atoms with van der Waals surface area (Å²) in [7, 11) is 0. The van der Waals surface area contributed by atoms with Gasteiger partial charge in [0.05, 0.1) is 5.56 Å². The minimum Gasteiger partial charge on any atom is -0.339 e. The number of hydrogen-bond donors (Lipinski definition) is 0. The molecule has 0 N–H and O–H groups in total. The second-order valence-corrected chi connectivity index (χ2v) is 5.76. The van der Waals surface area contributed by atoms with Crippen molar-refractivity contribution in [2.45, 2.75) is 19.8 Å². The first-order valence-corrected chi connectivity index (χ1v) is 7.77. The van der Waals surface area contributed by atoms with Crippen LogP contribution in [0.4, 0.5) is 5.95 Å². The normalized spacial score (nSPS) is 18.7. The van der Waals surface area contributed by atoms with Gasteiger partial charge in [-0.2, -0.15) is 0 Å². The number of carbonyl (C=O) groups excluding carboxylic acids is 2. The molecule has 1 aromatic rings. The number of hydrogen-bond acceptors (Lipinski definition) is 5. The first-order valence-electron chi connectivity index (χ1n) is 7.77. The van der Waals surface area contributed by atoms with Crippen molar-refractivity contribution in [2.75, 3.05) is 44.2 Å². The van der Waals surface area contributed by atoms with Crippen LogP contribution in [0.15, 0.2) is 12.4 Å². The summed E-state index contributed by atoms with van der Waals surface area (Å²) in [5.74, 6) is 0.749. The molecular weight excluding hydrogens is 282 g/mol. The van der Waals surface area contributed by atoms with E-state index in [4.69, 9.17) is 0 Å². The Morgan fingerprint density at radius 3 is 2.05 bits per heavy atom. The molecule has 0 bridgehead atoms. The third-order valence-electron chi connectivity index (χ3n) is 4.29. The van der Waals surface area contributed by atoms with Crippen LogP contribution in [0.1, 0.15) is 30.1 Å². The molecule has 0 aliphatic carbocycles. The third-order valence-corrected chi connectivity index (χ3v) is 4.29. The maximum atomic E-state index is 12.2. The number of piperazine rings is 1. The summed E-state index contributed by atoms with van der Waals surface area (Å²) in [6.45, 7) is 6.06. The molecule has 1 aromatic heterocycles. The third kappa shape index (κ3) is 3.03. The van der Waals surface area contributed by atoms with Crippen LogP contribution >= 0.6 is 0 Å². The van der Waals surface area contributed by atoms with Gasteiger partial charge in [-0.05, 0) is 12.8 Å². The van der Waals surface area contributed by atoms with Gasteiger partial charge in [0.25, 0.3) is 5.91 Å². The van der Waals surface area contributed by atoms with Gasteiger partial charge in [0.15, 0.2) is 0 Å². The number of likely N-dealkylation sites (tertiary alicyclic amines) is 1. The minimum absolute atomic E-state index is 0.0189. The first kappa shape index (κ1) is 14.7. The molecule has 0 radical (unpaired) electrons. The lowest BCUT2D eigenvalue weighted by Crippen LogP contribution is -2.48. The summed E-state index contributed by atoms with van der Waals surface area (Å²) in [5, 5.41) is 0. The molecule has 2 aliphatic rings. The highest BCUT2D eigenvalue weighted by molar-refractivity contribution is 5.93. The Morgan fingerprint density at radius 2 is 1.50 bits per heavy atom. The van der Waals surface area contributed by atoms with E-state index in [2.05, 4.69) is 9.97 Å². The fraction of sp³-hybridized carbons (Fsp3) is 0.600. The summed E-state index contributed by atoms with van der Waals surface area (Å²) in [4.78, 5) is 37.9. The number of anilines is 1. The summed E-state index contributed by atoms with van der Waals surface area (Å²) < 4.78 is 0. The van der Waals surface area contributed by atoms with Crippen molar-refractivity contribution in [3.05, 3.63) is 18.0 Å². The van der Waals surface area contributed by atoms with E-state index in [1.54, 1.807) is 19.3 Å². The number of rotatable bonds is 2. The van der Waals surface area contributed by atoms with E-state index < -0.39 is 0 Å². The second-order valence-electron chi connectivity index (χ2n) is 5.76. The van der Waals surface area contributed by atoms with Gasteiger partial charge < -0.3 is 14.7 Å². The van der Waals surface area contributed by atoms with Crippen LogP contribution in [0.25, 0.3) is 0 Å². The molecule has 2 aliphatic heterocycles. The Hall–Kier alpha value is -2.18. The molecule has 118 valence electrons. The van der Waals surface area contributed by atoms with Crippen molar-refractivity contribution >= 4 is 17.8 Å². The van der Waals surface area contributed by atoms with Gasteiger partial charge in [-0.15, -0.1) is 0 Å². The quantitative estimate of drug-likeness (QED) is 0.790. The van der Waals surface area contributed by atoms with Crippen molar-refractivity contribution in [3.63, 3.8) is 0 Å². The molecule has 7 nitrogen and oxygen atoms in total. The van der Waals surface area contributed by atoms with E-state index in [9.17, 15) is 9.59 Å². The first-order chi connectivity index (χ1) is 10.6. The van der Waals surface area contributed by atoms with Crippen molar-refractivity contribution < 1.29 is 9.59 Å². The Labute approximate surface area is 129 Å². The van der Waals surface area contributed by atoms with Crippen LogP contribution in [0.3, 0.4) is 0 Å². The van der Waals surface area contributed by atoms with Crippen molar-refractivity contribution in [3.8, 4) is 0 Å². The predicted octanol–water partition coefficient (Wildman–Crippen LogP) is 0.381. The zero-order valence-corrected chi connectivity index (χ0v) is 12.9. The topological polar surface area (TPSA) is 69.6 Å². The van der Waals surface area contributed by atoms with Gasteiger partial charge >= 0.3 is 0 Å². The molecule has 3 rings (SSSR count). The highest BCUT2D eigenvalue weighted by Gasteiger charge is 2.22. The van der Waals surface area contributed by atoms with Gasteiger partial charge in [0, 0.05) is 58.6 Å². The van der Waals surface area contributed by atoms with Gasteiger partial charge in [0.1, 0.15) is 0 Å². The average molecular weight is 303 g/mol. The van der Waals surface area contributed by atoms with Crippen molar-refractivity contribution in [2.24, 2.45) is 0 Å². The molecule has 0 saturated carbocycles. The van der Waals surface area contributed by atoms with Gasteiger partial charge in [0.2, 0.25) is 11.9 Å². The zero-order valence-electron chi connectivity index (χ0n) is 12.9. The molecule has 3 heterocycles. The fourth-order valence-corrected chi connectivity index (χ4v) is 2.92. The smallest absolute Gasteiger partial charge is 0.256 e. The van der Waals surface area contributed by atoms with Gasteiger partial charge in [-0.1, -0.05) is 0 Å². The summed E-state index contributed by atoms with van der Waals surface area (Å²) in [6, 6.07) is 0. The lowest BCUT2D eigenvalue weighted by Gasteiger charge is -2.34. The Morgan fingerprint density at radius 1 is 0.909 bits per heavy atom. The van der Waals surface area contributed by atoms with Crippen molar-refractivity contribution in [1.29, 1.82) is 0 Å². The fourth-order valence-electron chi connectivity index (χ4n) is 2.92. The van der Waals surface area contributed by atoms with Crippen LogP contribution in [-0.4, -0.2) is 70.9 Å². The summed E-state index contributed by atoms with van der Waals surface area (Å²) >= 11 is 0. The lowest BCUT2D eigenvalue weighted by atomic mass is 10.3. The van der Waals surface area contributed by atoms with E-state index in [1.807, 2.05) is 14.7 Å². The average Bonchev–Trinajstić information content (AvgIpc) is 3.09. The van der Waals surface area contributed by atoms with E-state index in [-0.39, 0.29) is 11.8 Å². The zero-order chi connectivity index (χ0) is 15.5. The largest absolute Gasteiger partial charge is 0.339 e. The van der Waals surface area contributed by atoms with Crippen LogP contribution < -0.4 is 4.90 Å². The highest BCUT2D eigenvalue weighted by Crippen LogP contribution is 2.14. The second kappa shape index (κ2) is 6.29. The van der Waals surface area contributed by atoms with Crippen LogP contribution in [-0.2, 0) is 4.79 Å². The van der Waals surface area contributed by atoms with Gasteiger partial charge in [-0.25, -0.2) is 9.97 Å². The maximum absolute atomic E-state index is 12.2. The Balaban J connectivity index is 1.62. The molecule has 2 amide bonds. The maximum Gasteiger partial charge on any atom is 0.256 e.